The van der Waals surface area contributed by atoms with E-state index in [4.69, 9.17) is 4.74 Å². The van der Waals surface area contributed by atoms with Gasteiger partial charge in [-0.2, -0.15) is 0 Å². The molecule has 128 valence electrons. The fraction of sp³-hybridized carbons (Fsp3) is 0.444. The summed E-state index contributed by atoms with van der Waals surface area (Å²) in [6.07, 6.45) is 0.187. The molecule has 0 saturated carbocycles. The smallest absolute Gasteiger partial charge is 0.312 e. The first-order chi connectivity index (χ1) is 11.3. The van der Waals surface area contributed by atoms with Crippen LogP contribution in [-0.2, 0) is 16.0 Å². The Morgan fingerprint density at radius 2 is 2.00 bits per heavy atom. The molecule has 0 spiro atoms. The number of aryl methyl sites for hydroxylation is 1. The Balaban J connectivity index is 2.20. The molecule has 0 fully saturated rings. The number of rotatable bonds is 3. The van der Waals surface area contributed by atoms with Crippen LogP contribution in [0.25, 0.3) is 0 Å². The summed E-state index contributed by atoms with van der Waals surface area (Å²) >= 11 is 0. The summed E-state index contributed by atoms with van der Waals surface area (Å²) < 4.78 is 5.20. The number of fused-ring (bicyclic) bond motifs is 1. The van der Waals surface area contributed by atoms with Gasteiger partial charge in [0.15, 0.2) is 0 Å². The molecule has 0 amide bonds. The van der Waals surface area contributed by atoms with Crippen LogP contribution in [0.5, 0.6) is 0 Å². The van der Waals surface area contributed by atoms with Crippen molar-refractivity contribution in [1.82, 2.24) is 10.2 Å². The maximum atomic E-state index is 12.6. The van der Waals surface area contributed by atoms with Gasteiger partial charge in [-0.05, 0) is 26.3 Å². The average Bonchev–Trinajstić information content (AvgIpc) is 2.86. The maximum Gasteiger partial charge on any atom is 0.312 e. The number of hydrogen-bond donors (Lipinski definition) is 3. The van der Waals surface area contributed by atoms with Gasteiger partial charge >= 0.3 is 5.97 Å². The number of benzene rings is 1. The van der Waals surface area contributed by atoms with Gasteiger partial charge < -0.3 is 14.9 Å². The van der Waals surface area contributed by atoms with Crippen molar-refractivity contribution in [3.8, 4) is 0 Å². The number of H-pyrrole nitrogens is 2. The van der Waals surface area contributed by atoms with E-state index in [2.05, 4.69) is 10.2 Å². The second-order valence-electron chi connectivity index (χ2n) is 6.62. The van der Waals surface area contributed by atoms with Crippen LogP contribution >= 0.6 is 0 Å². The van der Waals surface area contributed by atoms with E-state index in [0.717, 1.165) is 11.1 Å². The van der Waals surface area contributed by atoms with Gasteiger partial charge in [0, 0.05) is 23.6 Å². The summed E-state index contributed by atoms with van der Waals surface area (Å²) in [6.45, 7) is 5.54. The lowest BCUT2D eigenvalue weighted by Crippen LogP contribution is -2.50. The second-order valence-corrected chi connectivity index (χ2v) is 6.62. The van der Waals surface area contributed by atoms with Gasteiger partial charge in [0.2, 0.25) is 0 Å². The fourth-order valence-electron chi connectivity index (χ4n) is 3.62. The molecule has 6 heteroatoms. The molecular formula is C18H22N2O4. The second kappa shape index (κ2) is 5.94. The minimum Gasteiger partial charge on any atom is -0.466 e. The fourth-order valence-corrected chi connectivity index (χ4v) is 3.62. The van der Waals surface area contributed by atoms with E-state index in [0.29, 0.717) is 11.3 Å². The van der Waals surface area contributed by atoms with E-state index in [1.54, 1.807) is 13.8 Å². The summed E-state index contributed by atoms with van der Waals surface area (Å²) in [5.74, 6) is -1.89. The van der Waals surface area contributed by atoms with Gasteiger partial charge in [0.05, 0.1) is 18.1 Å². The Morgan fingerprint density at radius 1 is 1.33 bits per heavy atom. The van der Waals surface area contributed by atoms with Crippen LogP contribution < -0.4 is 5.56 Å². The molecule has 3 atom stereocenters. The van der Waals surface area contributed by atoms with Crippen molar-refractivity contribution in [3.05, 3.63) is 57.0 Å². The molecule has 6 nitrogen and oxygen atoms in total. The molecule has 1 heterocycles. The summed E-state index contributed by atoms with van der Waals surface area (Å²) in [4.78, 5) is 24.9. The number of aromatic nitrogens is 2. The Bertz CT molecular complexity index is 801. The third-order valence-electron chi connectivity index (χ3n) is 4.72. The third-order valence-corrected chi connectivity index (χ3v) is 4.72. The monoisotopic (exact) mass is 330 g/mol. The number of esters is 1. The molecule has 3 N–H and O–H groups in total. The Labute approximate surface area is 139 Å². The molecule has 1 aliphatic rings. The van der Waals surface area contributed by atoms with Gasteiger partial charge in [-0.25, -0.2) is 0 Å². The Morgan fingerprint density at radius 3 is 2.62 bits per heavy atom. The quantitative estimate of drug-likeness (QED) is 0.746. The standard InChI is InChI=1S/C18H22N2O4/c1-4-24-17(22)15-13(11-7-5-10(2)6-8-11)14-12(9-18(15,3)23)19-20-16(14)21/h5-8,13,15,23H,4,9H2,1-3H3,(H2,19,20,21)/t13-,15+,18+/m0/s1. The number of ether oxygens (including phenoxy) is 1. The third kappa shape index (κ3) is 2.67. The van der Waals surface area contributed by atoms with Crippen LogP contribution in [0.3, 0.4) is 0 Å². The molecule has 0 bridgehead atoms. The molecule has 0 radical (unpaired) electrons. The Hall–Kier alpha value is -2.34. The number of carbonyl (C=O) groups excluding carboxylic acids is 1. The van der Waals surface area contributed by atoms with Gasteiger partial charge in [-0.1, -0.05) is 29.8 Å². The molecule has 0 saturated heterocycles. The number of carbonyl (C=O) groups is 1. The maximum absolute atomic E-state index is 12.6. The van der Waals surface area contributed by atoms with Crippen molar-refractivity contribution in [2.24, 2.45) is 5.92 Å². The van der Waals surface area contributed by atoms with Crippen LogP contribution in [-0.4, -0.2) is 33.5 Å². The van der Waals surface area contributed by atoms with E-state index < -0.39 is 23.4 Å². The lowest BCUT2D eigenvalue weighted by Gasteiger charge is -2.40. The van der Waals surface area contributed by atoms with E-state index >= 15 is 0 Å². The summed E-state index contributed by atoms with van der Waals surface area (Å²) in [5, 5.41) is 16.3. The first kappa shape index (κ1) is 16.5. The molecule has 1 aromatic carbocycles. The summed E-state index contributed by atoms with van der Waals surface area (Å²) in [5.41, 5.74) is 1.45. The average molecular weight is 330 g/mol. The molecule has 2 aromatic rings. The molecule has 1 aliphatic carbocycles. The van der Waals surface area contributed by atoms with Crippen LogP contribution in [0.2, 0.25) is 0 Å². The number of hydrogen-bond acceptors (Lipinski definition) is 4. The summed E-state index contributed by atoms with van der Waals surface area (Å²) in [7, 11) is 0. The lowest BCUT2D eigenvalue weighted by molar-refractivity contribution is -0.159. The zero-order chi connectivity index (χ0) is 17.5. The van der Waals surface area contributed by atoms with Crippen molar-refractivity contribution in [3.63, 3.8) is 0 Å². The number of aromatic amines is 2. The normalized spacial score (nSPS) is 26.0. The zero-order valence-electron chi connectivity index (χ0n) is 14.1. The first-order valence-corrected chi connectivity index (χ1v) is 8.10. The van der Waals surface area contributed by atoms with Crippen LogP contribution in [0, 0.1) is 12.8 Å². The van der Waals surface area contributed by atoms with Crippen molar-refractivity contribution in [1.29, 1.82) is 0 Å². The van der Waals surface area contributed by atoms with Gasteiger partial charge in [0.25, 0.3) is 5.56 Å². The van der Waals surface area contributed by atoms with E-state index in [9.17, 15) is 14.7 Å². The predicted molar refractivity (Wildman–Crippen MR) is 88.9 cm³/mol. The molecule has 3 rings (SSSR count). The largest absolute Gasteiger partial charge is 0.466 e. The van der Waals surface area contributed by atoms with Crippen molar-refractivity contribution in [2.75, 3.05) is 6.61 Å². The highest BCUT2D eigenvalue weighted by atomic mass is 16.5. The first-order valence-electron chi connectivity index (χ1n) is 8.10. The lowest BCUT2D eigenvalue weighted by atomic mass is 9.66. The van der Waals surface area contributed by atoms with Crippen molar-refractivity contribution >= 4 is 5.97 Å². The van der Waals surface area contributed by atoms with E-state index in [1.165, 1.54) is 0 Å². The van der Waals surface area contributed by atoms with Crippen molar-refractivity contribution < 1.29 is 14.6 Å². The SMILES string of the molecule is CCOC(=O)[C@H]1[C@@H](c2ccc(C)cc2)c2c([nH][nH]c2=O)C[C@@]1(C)O. The molecule has 0 unspecified atom stereocenters. The van der Waals surface area contributed by atoms with E-state index in [-0.39, 0.29) is 18.6 Å². The number of nitrogens with one attached hydrogen (secondary N) is 2. The molecule has 0 aliphatic heterocycles. The highest BCUT2D eigenvalue weighted by Gasteiger charge is 2.51. The molecular weight excluding hydrogens is 308 g/mol. The van der Waals surface area contributed by atoms with Gasteiger partial charge in [-0.15, -0.1) is 0 Å². The summed E-state index contributed by atoms with van der Waals surface area (Å²) in [6, 6.07) is 7.65. The Kier molecular flexibility index (Phi) is 4.09. The topological polar surface area (TPSA) is 95.2 Å². The predicted octanol–water partition coefficient (Wildman–Crippen LogP) is 1.63. The van der Waals surface area contributed by atoms with Gasteiger partial charge in [-0.3, -0.25) is 14.7 Å². The van der Waals surface area contributed by atoms with Gasteiger partial charge in [0.1, 0.15) is 0 Å². The minimum absolute atomic E-state index is 0.187. The molecule has 24 heavy (non-hydrogen) atoms. The van der Waals surface area contributed by atoms with Crippen LogP contribution in [0.4, 0.5) is 0 Å². The van der Waals surface area contributed by atoms with Crippen molar-refractivity contribution in [2.45, 2.75) is 38.7 Å². The highest BCUT2D eigenvalue weighted by molar-refractivity contribution is 5.77. The number of aliphatic hydroxyl groups is 1. The molecule has 1 aromatic heterocycles. The van der Waals surface area contributed by atoms with E-state index in [1.807, 2.05) is 31.2 Å². The zero-order valence-corrected chi connectivity index (χ0v) is 14.1. The highest BCUT2D eigenvalue weighted by Crippen LogP contribution is 2.44. The van der Waals surface area contributed by atoms with Crippen LogP contribution in [0.1, 0.15) is 42.1 Å². The minimum atomic E-state index is -1.32. The van der Waals surface area contributed by atoms with Crippen LogP contribution in [0.15, 0.2) is 29.1 Å².